The third-order valence-corrected chi connectivity index (χ3v) is 6.24. The van der Waals surface area contributed by atoms with E-state index in [-0.39, 0.29) is 6.42 Å². The smallest absolute Gasteiger partial charge is 0.398 e. The molecule has 0 radical (unpaired) electrons. The Morgan fingerprint density at radius 3 is 2.27 bits per heavy atom. The number of unbranched alkanes of at least 4 members (excludes halogenated alkanes) is 1. The van der Waals surface area contributed by atoms with Crippen molar-refractivity contribution in [3.63, 3.8) is 0 Å². The monoisotopic (exact) mass is 360 g/mol. The number of hydrogen-bond donors (Lipinski definition) is 2. The fraction of sp³-hybridized carbons (Fsp3) is 0.455. The summed E-state index contributed by atoms with van der Waals surface area (Å²) in [5.41, 5.74) is 3.16. The van der Waals surface area contributed by atoms with Gasteiger partial charge in [0.1, 0.15) is 0 Å². The molecule has 0 bridgehead atoms. The Hall–Kier alpha value is -1.33. The van der Waals surface area contributed by atoms with Crippen molar-refractivity contribution in [1.82, 2.24) is 4.13 Å². The molecule has 0 aliphatic carbocycles. The number of hydrogen-bond acceptors (Lipinski definition) is 5. The lowest BCUT2D eigenvalue weighted by Crippen LogP contribution is -2.32. The Morgan fingerprint density at radius 2 is 1.77 bits per heavy atom. The summed E-state index contributed by atoms with van der Waals surface area (Å²) < 4.78 is 86.5. The van der Waals surface area contributed by atoms with E-state index in [1.165, 1.54) is 4.13 Å². The molecule has 0 fully saturated rings. The summed E-state index contributed by atoms with van der Waals surface area (Å²) in [6.45, 7) is 1.71. The Kier molecular flexibility index (Phi) is 5.47. The van der Waals surface area contributed by atoms with Gasteiger partial charge in [0.2, 0.25) is 10.0 Å². The van der Waals surface area contributed by atoms with Crippen molar-refractivity contribution < 1.29 is 30.0 Å². The molecule has 0 aromatic heterocycles. The second kappa shape index (κ2) is 6.42. The Bertz CT molecular complexity index is 743. The van der Waals surface area contributed by atoms with Gasteiger partial charge in [0.05, 0.1) is 16.2 Å². The van der Waals surface area contributed by atoms with Crippen LogP contribution >= 0.6 is 0 Å². The second-order valence-electron chi connectivity index (χ2n) is 4.51. The first kappa shape index (κ1) is 18.7. The average Bonchev–Trinajstić information content (AvgIpc) is 2.34. The van der Waals surface area contributed by atoms with Gasteiger partial charge in [-0.25, -0.2) is 16.8 Å². The van der Waals surface area contributed by atoms with Gasteiger partial charge in [-0.2, -0.15) is 13.2 Å². The van der Waals surface area contributed by atoms with E-state index in [2.05, 4.69) is 0 Å². The Morgan fingerprint density at radius 1 is 1.18 bits per heavy atom. The van der Waals surface area contributed by atoms with Crippen LogP contribution in [0, 0.1) is 0 Å². The fourth-order valence-electron chi connectivity index (χ4n) is 1.54. The van der Waals surface area contributed by atoms with Crippen LogP contribution in [0.25, 0.3) is 0 Å². The van der Waals surface area contributed by atoms with E-state index in [1.807, 2.05) is 0 Å². The predicted octanol–water partition coefficient (Wildman–Crippen LogP) is 1.70. The van der Waals surface area contributed by atoms with Gasteiger partial charge in [0.15, 0.2) is 0 Å². The van der Waals surface area contributed by atoms with Crippen molar-refractivity contribution in [3.8, 4) is 0 Å². The SMILES string of the molecule is CCCCS(=O)(=O)NS(=O)(=O)c1ccc(N)c(C(F)(F)F)c1. The van der Waals surface area contributed by atoms with E-state index in [9.17, 15) is 30.0 Å². The largest absolute Gasteiger partial charge is 0.418 e. The number of rotatable bonds is 6. The van der Waals surface area contributed by atoms with Crippen molar-refractivity contribution in [2.45, 2.75) is 30.8 Å². The van der Waals surface area contributed by atoms with Crippen LogP contribution < -0.4 is 9.86 Å². The summed E-state index contributed by atoms with van der Waals surface area (Å²) >= 11 is 0. The highest BCUT2D eigenvalue weighted by molar-refractivity contribution is 8.04. The number of halogens is 3. The molecule has 0 saturated carbocycles. The van der Waals surface area contributed by atoms with Crippen LogP contribution in [0.4, 0.5) is 18.9 Å². The van der Waals surface area contributed by atoms with E-state index in [1.54, 1.807) is 6.92 Å². The first-order chi connectivity index (χ1) is 9.89. The van der Waals surface area contributed by atoms with Crippen molar-refractivity contribution in [3.05, 3.63) is 23.8 Å². The fourth-order valence-corrected chi connectivity index (χ4v) is 4.78. The number of nitrogen functional groups attached to an aromatic ring is 1. The molecule has 1 rings (SSSR count). The maximum atomic E-state index is 12.7. The average molecular weight is 360 g/mol. The molecule has 0 amide bonds. The molecule has 0 saturated heterocycles. The highest BCUT2D eigenvalue weighted by Gasteiger charge is 2.34. The second-order valence-corrected chi connectivity index (χ2v) is 8.29. The van der Waals surface area contributed by atoms with Crippen LogP contribution in [0.5, 0.6) is 0 Å². The number of sulfonamides is 2. The zero-order chi connectivity index (χ0) is 17.2. The summed E-state index contributed by atoms with van der Waals surface area (Å²) in [5, 5.41) is 0. The lowest BCUT2D eigenvalue weighted by molar-refractivity contribution is -0.137. The minimum atomic E-state index is -4.85. The highest BCUT2D eigenvalue weighted by Crippen LogP contribution is 2.34. The van der Waals surface area contributed by atoms with Crippen molar-refractivity contribution in [2.75, 3.05) is 11.5 Å². The standard InChI is InChI=1S/C11H15F3N2O4S2/c1-2-3-6-21(17,18)16-22(19,20)8-4-5-10(15)9(7-8)11(12,13)14/h4-5,7,16H,2-3,6,15H2,1H3. The van der Waals surface area contributed by atoms with Crippen LogP contribution in [-0.2, 0) is 26.2 Å². The van der Waals surface area contributed by atoms with E-state index in [0.717, 1.165) is 12.1 Å². The highest BCUT2D eigenvalue weighted by atomic mass is 32.3. The first-order valence-electron chi connectivity index (χ1n) is 6.12. The normalized spacial score (nSPS) is 13.3. The number of alkyl halides is 3. The summed E-state index contributed by atoms with van der Waals surface area (Å²) in [4.78, 5) is -0.825. The minimum Gasteiger partial charge on any atom is -0.398 e. The van der Waals surface area contributed by atoms with Crippen LogP contribution in [-0.4, -0.2) is 22.6 Å². The zero-order valence-corrected chi connectivity index (χ0v) is 13.1. The molecular weight excluding hydrogens is 345 g/mol. The molecule has 0 unspecified atom stereocenters. The third kappa shape index (κ3) is 4.85. The summed E-state index contributed by atoms with van der Waals surface area (Å²) in [6, 6.07) is 1.87. The van der Waals surface area contributed by atoms with Gasteiger partial charge in [-0.05, 0) is 24.6 Å². The molecule has 126 valence electrons. The van der Waals surface area contributed by atoms with Gasteiger partial charge < -0.3 is 5.73 Å². The van der Waals surface area contributed by atoms with E-state index >= 15 is 0 Å². The molecule has 6 nitrogen and oxygen atoms in total. The maximum Gasteiger partial charge on any atom is 0.418 e. The van der Waals surface area contributed by atoms with Crippen LogP contribution in [0.3, 0.4) is 0 Å². The number of benzene rings is 1. The topological polar surface area (TPSA) is 106 Å². The maximum absolute atomic E-state index is 12.7. The van der Waals surface area contributed by atoms with Crippen molar-refractivity contribution >= 4 is 25.7 Å². The lowest BCUT2D eigenvalue weighted by atomic mass is 10.2. The molecule has 1 aromatic carbocycles. The van der Waals surface area contributed by atoms with Gasteiger partial charge in [-0.3, -0.25) is 0 Å². The van der Waals surface area contributed by atoms with Crippen molar-refractivity contribution in [2.24, 2.45) is 0 Å². The number of nitrogens with one attached hydrogen (secondary N) is 1. The minimum absolute atomic E-state index is 0.223. The molecule has 0 aliphatic rings. The molecule has 3 N–H and O–H groups in total. The Labute approximate surface area is 126 Å². The Balaban J connectivity index is 3.20. The quantitative estimate of drug-likeness (QED) is 0.751. The summed E-state index contributed by atoms with van der Waals surface area (Å²) in [5.74, 6) is -0.441. The van der Waals surface area contributed by atoms with E-state index in [4.69, 9.17) is 5.73 Å². The molecule has 11 heteroatoms. The van der Waals surface area contributed by atoms with E-state index in [0.29, 0.717) is 12.5 Å². The molecule has 0 aliphatic heterocycles. The van der Waals surface area contributed by atoms with E-state index < -0.39 is 48.1 Å². The van der Waals surface area contributed by atoms with Crippen LogP contribution in [0.1, 0.15) is 25.3 Å². The molecule has 0 heterocycles. The van der Waals surface area contributed by atoms with Gasteiger partial charge >= 0.3 is 6.18 Å². The predicted molar refractivity (Wildman–Crippen MR) is 74.9 cm³/mol. The zero-order valence-electron chi connectivity index (χ0n) is 11.5. The number of anilines is 1. The third-order valence-electron chi connectivity index (χ3n) is 2.64. The lowest BCUT2D eigenvalue weighted by Gasteiger charge is -2.12. The molecule has 1 aromatic rings. The van der Waals surface area contributed by atoms with Crippen LogP contribution in [0.2, 0.25) is 0 Å². The van der Waals surface area contributed by atoms with Crippen molar-refractivity contribution in [1.29, 1.82) is 0 Å². The van der Waals surface area contributed by atoms with Crippen LogP contribution in [0.15, 0.2) is 23.1 Å². The van der Waals surface area contributed by atoms with Gasteiger partial charge in [0, 0.05) is 5.69 Å². The number of nitrogens with two attached hydrogens (primary N) is 1. The van der Waals surface area contributed by atoms with Gasteiger partial charge in [-0.1, -0.05) is 13.3 Å². The summed E-state index contributed by atoms with van der Waals surface area (Å²) in [6.07, 6.45) is -4.11. The summed E-state index contributed by atoms with van der Waals surface area (Å²) in [7, 11) is -8.80. The van der Waals surface area contributed by atoms with Gasteiger partial charge in [-0.15, -0.1) is 4.13 Å². The molecule has 22 heavy (non-hydrogen) atoms. The first-order valence-corrected chi connectivity index (χ1v) is 9.25. The van der Waals surface area contributed by atoms with Gasteiger partial charge in [0.25, 0.3) is 10.0 Å². The molecular formula is C11H15F3N2O4S2. The molecule has 0 atom stereocenters. The molecule has 0 spiro atoms.